The molecule has 4 nitrogen and oxygen atoms in total. The molecule has 0 bridgehead atoms. The van der Waals surface area contributed by atoms with E-state index in [1.807, 2.05) is 0 Å². The normalized spacial score (nSPS) is 29.4. The van der Waals surface area contributed by atoms with Gasteiger partial charge in [0.15, 0.2) is 0 Å². The van der Waals surface area contributed by atoms with Gasteiger partial charge in [0.1, 0.15) is 0 Å². The molecule has 2 unspecified atom stereocenters. The van der Waals surface area contributed by atoms with Crippen molar-refractivity contribution >= 4 is 11.9 Å². The van der Waals surface area contributed by atoms with Gasteiger partial charge in [0.25, 0.3) is 0 Å². The molecule has 0 radical (unpaired) electrons. The number of hydrogen-bond donors (Lipinski definition) is 1. The zero-order valence-corrected chi connectivity index (χ0v) is 8.98. The van der Waals surface area contributed by atoms with Crippen LogP contribution in [0.25, 0.3) is 0 Å². The fraction of sp³-hybridized carbons (Fsp3) is 0.818. The van der Waals surface area contributed by atoms with E-state index in [0.29, 0.717) is 12.3 Å². The highest BCUT2D eigenvalue weighted by molar-refractivity contribution is 5.89. The van der Waals surface area contributed by atoms with Crippen molar-refractivity contribution in [2.24, 2.45) is 17.8 Å². The Labute approximate surface area is 89.3 Å². The highest BCUT2D eigenvalue weighted by Crippen LogP contribution is 2.40. The van der Waals surface area contributed by atoms with E-state index in [-0.39, 0.29) is 11.8 Å². The maximum Gasteiger partial charge on any atom is 0.307 e. The van der Waals surface area contributed by atoms with Gasteiger partial charge in [-0.2, -0.15) is 0 Å². The number of carbonyl (C=O) groups excluding carboxylic acids is 1. The number of carboxylic acids is 1. The van der Waals surface area contributed by atoms with Crippen LogP contribution in [0.1, 0.15) is 25.7 Å². The average molecular weight is 211 g/mol. The zero-order valence-electron chi connectivity index (χ0n) is 8.98. The summed E-state index contributed by atoms with van der Waals surface area (Å²) in [4.78, 5) is 24.1. The molecular formula is C11H17NO3. The molecule has 0 aromatic heterocycles. The first-order valence-electron chi connectivity index (χ1n) is 5.57. The standard InChI is InChI=1S/C11H17NO3/c1-12(6-7-3-2-4-7)10(13)8-5-9(8)11(14)15/h7-9H,2-6H2,1H3,(H,14,15). The van der Waals surface area contributed by atoms with Gasteiger partial charge in [0.2, 0.25) is 5.91 Å². The maximum atomic E-state index is 11.8. The molecule has 0 spiro atoms. The molecule has 2 fully saturated rings. The van der Waals surface area contributed by atoms with Crippen LogP contribution in [0, 0.1) is 17.8 Å². The van der Waals surface area contributed by atoms with Crippen molar-refractivity contribution in [2.45, 2.75) is 25.7 Å². The summed E-state index contributed by atoms with van der Waals surface area (Å²) >= 11 is 0. The quantitative estimate of drug-likeness (QED) is 0.753. The summed E-state index contributed by atoms with van der Waals surface area (Å²) in [5, 5.41) is 8.72. The Morgan fingerprint density at radius 1 is 1.33 bits per heavy atom. The van der Waals surface area contributed by atoms with Gasteiger partial charge in [-0.1, -0.05) is 6.42 Å². The maximum absolute atomic E-state index is 11.8. The summed E-state index contributed by atoms with van der Waals surface area (Å²) < 4.78 is 0. The predicted molar refractivity (Wildman–Crippen MR) is 54.2 cm³/mol. The van der Waals surface area contributed by atoms with Crippen LogP contribution in [0.3, 0.4) is 0 Å². The van der Waals surface area contributed by atoms with Crippen LogP contribution in [0.15, 0.2) is 0 Å². The van der Waals surface area contributed by atoms with Crippen LogP contribution in [-0.2, 0) is 9.59 Å². The third kappa shape index (κ3) is 2.13. The van der Waals surface area contributed by atoms with Gasteiger partial charge in [0, 0.05) is 13.6 Å². The van der Waals surface area contributed by atoms with Crippen molar-refractivity contribution in [3.8, 4) is 0 Å². The van der Waals surface area contributed by atoms with Crippen molar-refractivity contribution < 1.29 is 14.7 Å². The van der Waals surface area contributed by atoms with Gasteiger partial charge in [-0.25, -0.2) is 0 Å². The van der Waals surface area contributed by atoms with Crippen molar-refractivity contribution in [1.82, 2.24) is 4.90 Å². The number of rotatable bonds is 4. The van der Waals surface area contributed by atoms with E-state index in [2.05, 4.69) is 0 Å². The molecule has 1 amide bonds. The number of aliphatic carboxylic acids is 1. The second-order valence-corrected chi connectivity index (χ2v) is 4.80. The smallest absolute Gasteiger partial charge is 0.307 e. The Morgan fingerprint density at radius 2 is 2.00 bits per heavy atom. The van der Waals surface area contributed by atoms with E-state index in [9.17, 15) is 9.59 Å². The highest BCUT2D eigenvalue weighted by Gasteiger charge is 2.49. The van der Waals surface area contributed by atoms with E-state index in [1.165, 1.54) is 19.3 Å². The van der Waals surface area contributed by atoms with Crippen LogP contribution in [0.5, 0.6) is 0 Å². The van der Waals surface area contributed by atoms with Crippen LogP contribution >= 0.6 is 0 Å². The Balaban J connectivity index is 1.78. The van der Waals surface area contributed by atoms with E-state index in [1.54, 1.807) is 11.9 Å². The highest BCUT2D eigenvalue weighted by atomic mass is 16.4. The van der Waals surface area contributed by atoms with Gasteiger partial charge in [0.05, 0.1) is 11.8 Å². The van der Waals surface area contributed by atoms with Gasteiger partial charge in [-0.05, 0) is 25.2 Å². The predicted octanol–water partition coefficient (Wildman–Crippen LogP) is 0.966. The van der Waals surface area contributed by atoms with E-state index >= 15 is 0 Å². The lowest BCUT2D eigenvalue weighted by Gasteiger charge is -2.30. The Hall–Kier alpha value is -1.06. The monoisotopic (exact) mass is 211 g/mol. The first kappa shape index (κ1) is 10.5. The molecule has 0 aliphatic heterocycles. The largest absolute Gasteiger partial charge is 0.481 e. The summed E-state index contributed by atoms with van der Waals surface area (Å²) in [6, 6.07) is 0. The molecule has 1 N–H and O–H groups in total. The van der Waals surface area contributed by atoms with Crippen LogP contribution in [0.2, 0.25) is 0 Å². The van der Waals surface area contributed by atoms with Crippen molar-refractivity contribution in [3.05, 3.63) is 0 Å². The number of hydrogen-bond acceptors (Lipinski definition) is 2. The summed E-state index contributed by atoms with van der Waals surface area (Å²) in [5.41, 5.74) is 0. The third-order valence-corrected chi connectivity index (χ3v) is 3.56. The molecule has 0 saturated heterocycles. The first-order chi connectivity index (χ1) is 7.09. The minimum atomic E-state index is -0.828. The second-order valence-electron chi connectivity index (χ2n) is 4.80. The van der Waals surface area contributed by atoms with Crippen molar-refractivity contribution in [3.63, 3.8) is 0 Å². The van der Waals surface area contributed by atoms with Crippen LogP contribution in [0.4, 0.5) is 0 Å². The van der Waals surface area contributed by atoms with Crippen LogP contribution < -0.4 is 0 Å². The fourth-order valence-electron chi connectivity index (χ4n) is 2.18. The van der Waals surface area contributed by atoms with E-state index in [4.69, 9.17) is 5.11 Å². The minimum absolute atomic E-state index is 0.0225. The molecule has 2 rings (SSSR count). The number of carbonyl (C=O) groups is 2. The topological polar surface area (TPSA) is 57.6 Å². The summed E-state index contributed by atoms with van der Waals surface area (Å²) in [6.45, 7) is 0.807. The summed E-state index contributed by atoms with van der Waals surface area (Å²) in [6.07, 6.45) is 4.23. The summed E-state index contributed by atoms with van der Waals surface area (Å²) in [7, 11) is 1.79. The Bertz CT molecular complexity index is 286. The lowest BCUT2D eigenvalue weighted by Crippen LogP contribution is -2.35. The fourth-order valence-corrected chi connectivity index (χ4v) is 2.18. The molecule has 0 aromatic rings. The lowest BCUT2D eigenvalue weighted by atomic mass is 9.85. The van der Waals surface area contributed by atoms with E-state index in [0.717, 1.165) is 6.54 Å². The second kappa shape index (κ2) is 3.83. The molecule has 2 atom stereocenters. The van der Waals surface area contributed by atoms with Gasteiger partial charge in [-0.3, -0.25) is 9.59 Å². The van der Waals surface area contributed by atoms with E-state index < -0.39 is 11.9 Å². The molecule has 2 saturated carbocycles. The number of carboxylic acid groups (broad SMARTS) is 1. The van der Waals surface area contributed by atoms with Crippen LogP contribution in [-0.4, -0.2) is 35.5 Å². The molecule has 0 aromatic carbocycles. The zero-order chi connectivity index (χ0) is 11.0. The molecule has 2 aliphatic carbocycles. The lowest BCUT2D eigenvalue weighted by molar-refractivity contribution is -0.141. The number of nitrogens with zero attached hydrogens (tertiary/aromatic N) is 1. The molecule has 84 valence electrons. The summed E-state index contributed by atoms with van der Waals surface area (Å²) in [5.74, 6) is -0.811. The minimum Gasteiger partial charge on any atom is -0.481 e. The van der Waals surface area contributed by atoms with Crippen molar-refractivity contribution in [2.75, 3.05) is 13.6 Å². The number of amides is 1. The average Bonchev–Trinajstić information content (AvgIpc) is 2.88. The van der Waals surface area contributed by atoms with Gasteiger partial charge in [-0.15, -0.1) is 0 Å². The van der Waals surface area contributed by atoms with Crippen molar-refractivity contribution in [1.29, 1.82) is 0 Å². The first-order valence-corrected chi connectivity index (χ1v) is 5.57. The molecule has 4 heteroatoms. The Morgan fingerprint density at radius 3 is 2.40 bits per heavy atom. The molecular weight excluding hydrogens is 194 g/mol. The SMILES string of the molecule is CN(CC1CCC1)C(=O)C1CC1C(=O)O. The Kier molecular flexibility index (Phi) is 2.67. The van der Waals surface area contributed by atoms with Gasteiger partial charge < -0.3 is 10.0 Å². The molecule has 2 aliphatic rings. The van der Waals surface area contributed by atoms with Gasteiger partial charge >= 0.3 is 5.97 Å². The molecule has 15 heavy (non-hydrogen) atoms. The third-order valence-electron chi connectivity index (χ3n) is 3.56. The molecule has 0 heterocycles.